The first kappa shape index (κ1) is 21.3. The van der Waals surface area contributed by atoms with Crippen LogP contribution < -0.4 is 10.1 Å². The Morgan fingerprint density at radius 2 is 1.79 bits per heavy atom. The molecular formula is C21H26N2O5S. The van der Waals surface area contributed by atoms with Gasteiger partial charge in [-0.2, -0.15) is 4.31 Å². The number of aryl methyl sites for hydroxylation is 2. The fourth-order valence-electron chi connectivity index (χ4n) is 3.17. The van der Waals surface area contributed by atoms with Gasteiger partial charge in [0, 0.05) is 18.8 Å². The van der Waals surface area contributed by atoms with Crippen LogP contribution in [0.5, 0.6) is 5.75 Å². The first-order valence-corrected chi connectivity index (χ1v) is 11.0. The van der Waals surface area contributed by atoms with Crippen LogP contribution in [0.3, 0.4) is 0 Å². The van der Waals surface area contributed by atoms with Crippen LogP contribution in [0.2, 0.25) is 0 Å². The summed E-state index contributed by atoms with van der Waals surface area (Å²) in [5, 5.41) is 2.74. The molecule has 1 fully saturated rings. The van der Waals surface area contributed by atoms with Gasteiger partial charge in [0.2, 0.25) is 15.9 Å². The van der Waals surface area contributed by atoms with Crippen molar-refractivity contribution in [3.05, 3.63) is 53.6 Å². The zero-order valence-corrected chi connectivity index (χ0v) is 17.5. The SMILES string of the molecule is Cc1cc(C)cc(OCCC(=O)Nc2cccc(S(=O)(=O)N3CCOCC3)c2)c1. The molecule has 3 rings (SSSR count). The van der Waals surface area contributed by atoms with E-state index in [2.05, 4.69) is 11.4 Å². The molecule has 0 saturated carbocycles. The standard InChI is InChI=1S/C21H26N2O5S/c1-16-12-17(2)14-19(13-16)28-9-6-21(24)22-18-4-3-5-20(15-18)29(25,26)23-7-10-27-11-8-23/h3-5,12-15H,6-11H2,1-2H3,(H,22,24). The van der Waals surface area contributed by atoms with Gasteiger partial charge in [-0.15, -0.1) is 0 Å². The number of nitrogens with one attached hydrogen (secondary N) is 1. The van der Waals surface area contributed by atoms with Crippen molar-refractivity contribution in [3.63, 3.8) is 0 Å². The number of anilines is 1. The molecule has 8 heteroatoms. The summed E-state index contributed by atoms with van der Waals surface area (Å²) >= 11 is 0. The molecule has 156 valence electrons. The number of rotatable bonds is 7. The molecule has 0 unspecified atom stereocenters. The summed E-state index contributed by atoms with van der Waals surface area (Å²) in [7, 11) is -3.60. The zero-order valence-electron chi connectivity index (χ0n) is 16.7. The maximum Gasteiger partial charge on any atom is 0.243 e. The predicted molar refractivity (Wildman–Crippen MR) is 111 cm³/mol. The summed E-state index contributed by atoms with van der Waals surface area (Å²) in [5.74, 6) is 0.490. The lowest BCUT2D eigenvalue weighted by Crippen LogP contribution is -2.40. The summed E-state index contributed by atoms with van der Waals surface area (Å²) in [5.41, 5.74) is 2.64. The second-order valence-corrected chi connectivity index (χ2v) is 8.95. The van der Waals surface area contributed by atoms with Crippen molar-refractivity contribution in [3.8, 4) is 5.75 Å². The van der Waals surface area contributed by atoms with E-state index in [1.54, 1.807) is 12.1 Å². The van der Waals surface area contributed by atoms with Gasteiger partial charge in [0.1, 0.15) is 5.75 Å². The number of benzene rings is 2. The predicted octanol–water partition coefficient (Wildman–Crippen LogP) is 2.73. The number of hydrogen-bond donors (Lipinski definition) is 1. The van der Waals surface area contributed by atoms with Gasteiger partial charge in [-0.3, -0.25) is 4.79 Å². The second kappa shape index (κ2) is 9.39. The largest absolute Gasteiger partial charge is 0.493 e. The number of nitrogens with zero attached hydrogens (tertiary/aromatic N) is 1. The van der Waals surface area contributed by atoms with Gasteiger partial charge in [-0.25, -0.2) is 8.42 Å². The Morgan fingerprint density at radius 1 is 1.10 bits per heavy atom. The van der Waals surface area contributed by atoms with Crippen molar-refractivity contribution >= 4 is 21.6 Å². The van der Waals surface area contributed by atoms with Crippen LogP contribution >= 0.6 is 0 Å². The smallest absolute Gasteiger partial charge is 0.243 e. The van der Waals surface area contributed by atoms with Gasteiger partial charge in [-0.1, -0.05) is 12.1 Å². The first-order chi connectivity index (χ1) is 13.8. The van der Waals surface area contributed by atoms with Crippen LogP contribution in [0.15, 0.2) is 47.4 Å². The molecule has 0 radical (unpaired) electrons. The van der Waals surface area contributed by atoms with E-state index in [9.17, 15) is 13.2 Å². The molecule has 0 aliphatic carbocycles. The average Bonchev–Trinajstić information content (AvgIpc) is 2.68. The number of carbonyl (C=O) groups excluding carboxylic acids is 1. The van der Waals surface area contributed by atoms with E-state index >= 15 is 0 Å². The highest BCUT2D eigenvalue weighted by Crippen LogP contribution is 2.21. The van der Waals surface area contributed by atoms with Crippen molar-refractivity contribution in [2.45, 2.75) is 25.2 Å². The third kappa shape index (κ3) is 5.79. The Morgan fingerprint density at radius 3 is 2.48 bits per heavy atom. The maximum absolute atomic E-state index is 12.7. The summed E-state index contributed by atoms with van der Waals surface area (Å²) in [6, 6.07) is 12.2. The molecule has 1 saturated heterocycles. The first-order valence-electron chi connectivity index (χ1n) is 9.53. The van der Waals surface area contributed by atoms with E-state index in [0.29, 0.717) is 32.0 Å². The molecule has 1 N–H and O–H groups in total. The quantitative estimate of drug-likeness (QED) is 0.747. The van der Waals surface area contributed by atoms with E-state index < -0.39 is 10.0 Å². The van der Waals surface area contributed by atoms with E-state index in [0.717, 1.165) is 16.9 Å². The van der Waals surface area contributed by atoms with E-state index in [-0.39, 0.29) is 23.8 Å². The molecule has 0 aromatic heterocycles. The molecule has 1 heterocycles. The van der Waals surface area contributed by atoms with Crippen molar-refractivity contribution in [2.24, 2.45) is 0 Å². The molecule has 7 nitrogen and oxygen atoms in total. The van der Waals surface area contributed by atoms with Gasteiger partial charge < -0.3 is 14.8 Å². The minimum atomic E-state index is -3.60. The summed E-state index contributed by atoms with van der Waals surface area (Å²) in [6.45, 7) is 5.64. The third-order valence-electron chi connectivity index (χ3n) is 4.52. The van der Waals surface area contributed by atoms with Crippen molar-refractivity contribution in [2.75, 3.05) is 38.2 Å². The lowest BCUT2D eigenvalue weighted by Gasteiger charge is -2.26. The summed E-state index contributed by atoms with van der Waals surface area (Å²) in [4.78, 5) is 12.4. The van der Waals surface area contributed by atoms with E-state index in [1.807, 2.05) is 26.0 Å². The van der Waals surface area contributed by atoms with Crippen LogP contribution in [-0.4, -0.2) is 51.5 Å². The summed E-state index contributed by atoms with van der Waals surface area (Å²) in [6.07, 6.45) is 0.160. The van der Waals surface area contributed by atoms with Crippen LogP contribution in [0.1, 0.15) is 17.5 Å². The van der Waals surface area contributed by atoms with Crippen molar-refractivity contribution in [1.82, 2.24) is 4.31 Å². The minimum Gasteiger partial charge on any atom is -0.493 e. The van der Waals surface area contributed by atoms with Crippen LogP contribution in [0.25, 0.3) is 0 Å². The number of morpholine rings is 1. The molecule has 1 aliphatic heterocycles. The molecule has 2 aromatic carbocycles. The van der Waals surface area contributed by atoms with Crippen molar-refractivity contribution in [1.29, 1.82) is 0 Å². The molecule has 0 spiro atoms. The highest BCUT2D eigenvalue weighted by Gasteiger charge is 2.26. The Balaban J connectivity index is 1.57. The van der Waals surface area contributed by atoms with Crippen LogP contribution in [0, 0.1) is 13.8 Å². The third-order valence-corrected chi connectivity index (χ3v) is 6.41. The monoisotopic (exact) mass is 418 g/mol. The van der Waals surface area contributed by atoms with Gasteiger partial charge in [0.15, 0.2) is 0 Å². The van der Waals surface area contributed by atoms with Gasteiger partial charge >= 0.3 is 0 Å². The molecular weight excluding hydrogens is 392 g/mol. The fraction of sp³-hybridized carbons (Fsp3) is 0.381. The molecule has 1 amide bonds. The molecule has 0 atom stereocenters. The fourth-order valence-corrected chi connectivity index (χ4v) is 4.63. The van der Waals surface area contributed by atoms with E-state index in [1.165, 1.54) is 16.4 Å². The number of amides is 1. The lowest BCUT2D eigenvalue weighted by atomic mass is 10.1. The molecule has 2 aromatic rings. The van der Waals surface area contributed by atoms with Crippen LogP contribution in [0.4, 0.5) is 5.69 Å². The molecule has 29 heavy (non-hydrogen) atoms. The Bertz CT molecular complexity index is 949. The zero-order chi connectivity index (χ0) is 20.9. The summed E-state index contributed by atoms with van der Waals surface area (Å²) < 4.78 is 37.8. The number of hydrogen-bond acceptors (Lipinski definition) is 5. The van der Waals surface area contributed by atoms with E-state index in [4.69, 9.17) is 9.47 Å². The normalized spacial score (nSPS) is 15.1. The topological polar surface area (TPSA) is 84.9 Å². The van der Waals surface area contributed by atoms with Gasteiger partial charge in [0.05, 0.1) is 31.1 Å². The average molecular weight is 419 g/mol. The van der Waals surface area contributed by atoms with Gasteiger partial charge in [0.25, 0.3) is 0 Å². The number of carbonyl (C=O) groups is 1. The van der Waals surface area contributed by atoms with Crippen molar-refractivity contribution < 1.29 is 22.7 Å². The number of ether oxygens (including phenoxy) is 2. The van der Waals surface area contributed by atoms with Crippen LogP contribution in [-0.2, 0) is 19.6 Å². The highest BCUT2D eigenvalue weighted by molar-refractivity contribution is 7.89. The Kier molecular flexibility index (Phi) is 6.89. The maximum atomic E-state index is 12.7. The second-order valence-electron chi connectivity index (χ2n) is 7.01. The molecule has 0 bridgehead atoms. The Labute approximate surface area is 171 Å². The molecule has 1 aliphatic rings. The van der Waals surface area contributed by atoms with Gasteiger partial charge in [-0.05, 0) is 55.3 Å². The Hall–Kier alpha value is -2.42. The minimum absolute atomic E-state index is 0.156. The highest BCUT2D eigenvalue weighted by atomic mass is 32.2. The number of sulfonamides is 1. The lowest BCUT2D eigenvalue weighted by molar-refractivity contribution is -0.116.